The van der Waals surface area contributed by atoms with Crippen LogP contribution in [-0.2, 0) is 28.0 Å². The molecule has 5 amide bonds. The van der Waals surface area contributed by atoms with Gasteiger partial charge in [-0.1, -0.05) is 32.0 Å². The first-order chi connectivity index (χ1) is 27.8. The van der Waals surface area contributed by atoms with Crippen molar-refractivity contribution in [3.05, 3.63) is 77.4 Å². The Hall–Kier alpha value is -6.56. The number of methoxy groups -OCH3 is 2. The van der Waals surface area contributed by atoms with E-state index < -0.39 is 54.3 Å². The lowest BCUT2D eigenvalue weighted by atomic mass is 10.0. The molecule has 18 heteroatoms. The number of ether oxygens (including phenoxy) is 3. The number of amides is 5. The number of rotatable bonds is 6. The summed E-state index contributed by atoms with van der Waals surface area (Å²) < 4.78 is 17.4. The highest BCUT2D eigenvalue weighted by Crippen LogP contribution is 2.37. The molecule has 2 heterocycles. The molecule has 0 unspecified atom stereocenters. The lowest BCUT2D eigenvalue weighted by molar-refractivity contribution is -0.135. The van der Waals surface area contributed by atoms with Crippen LogP contribution in [0, 0.1) is 5.92 Å². The number of benzene rings is 3. The topological polar surface area (TPSA) is 228 Å². The molecule has 1 aliphatic rings. The average Bonchev–Trinajstić information content (AvgIpc) is 3.65. The van der Waals surface area contributed by atoms with Gasteiger partial charge in [-0.05, 0) is 73.4 Å². The fourth-order valence-corrected chi connectivity index (χ4v) is 6.21. The Kier molecular flexibility index (Phi) is 14.3. The van der Waals surface area contributed by atoms with Gasteiger partial charge in [-0.2, -0.15) is 4.80 Å². The smallest absolute Gasteiger partial charge is 0.254 e. The summed E-state index contributed by atoms with van der Waals surface area (Å²) in [5, 5.41) is 33.6. The normalized spacial score (nSPS) is 18.1. The van der Waals surface area contributed by atoms with Crippen LogP contribution in [0.1, 0.15) is 59.9 Å². The van der Waals surface area contributed by atoms with E-state index >= 15 is 0 Å². The van der Waals surface area contributed by atoms with E-state index in [2.05, 4.69) is 36.7 Å². The molecule has 0 saturated heterocycles. The van der Waals surface area contributed by atoms with E-state index in [0.29, 0.717) is 52.6 Å². The number of hydrogen-bond donors (Lipinski definition) is 5. The summed E-state index contributed by atoms with van der Waals surface area (Å²) >= 11 is 0. The second-order valence-corrected chi connectivity index (χ2v) is 14.0. The van der Waals surface area contributed by atoms with Crippen LogP contribution in [0.3, 0.4) is 0 Å². The highest BCUT2D eigenvalue weighted by Gasteiger charge is 2.32. The van der Waals surface area contributed by atoms with Crippen molar-refractivity contribution in [3.63, 3.8) is 0 Å². The van der Waals surface area contributed by atoms with Crippen LogP contribution in [0.15, 0.2) is 60.7 Å². The zero-order chi connectivity index (χ0) is 41.9. The number of aliphatic hydroxyl groups is 1. The number of carbonyl (C=O) groups is 5. The summed E-state index contributed by atoms with van der Waals surface area (Å²) in [6, 6.07) is 13.8. The van der Waals surface area contributed by atoms with Gasteiger partial charge in [0.1, 0.15) is 23.6 Å². The number of nitrogens with one attached hydrogen (secondary N) is 4. The molecule has 3 atom stereocenters. The number of aromatic nitrogens is 4. The van der Waals surface area contributed by atoms with Crippen molar-refractivity contribution in [2.24, 2.45) is 13.0 Å². The minimum absolute atomic E-state index is 0.0832. The quantitative estimate of drug-likeness (QED) is 0.189. The SMILES string of the molecule is COc1ccc2cc1Oc1cccc(OC)c1CNC(=O)[C@@H](C(C)C)NC(=O)[C@H]([C@@H](C)O)NC(=O)CN(C(=O)c1ccc(-c3nnn(C)n3)cc1)CCCCNC2=O. The van der Waals surface area contributed by atoms with Crippen LogP contribution >= 0.6 is 0 Å². The molecule has 18 nitrogen and oxygen atoms in total. The van der Waals surface area contributed by atoms with Gasteiger partial charge in [0.15, 0.2) is 11.5 Å². The standard InChI is InChI=1S/C40H49N9O9/c1-23(2)34-38(53)42-21-28-29(56-5)10-9-11-30(28)58-32-20-27(16-17-31(32)57-6)37(52)41-18-7-8-19-49(22-33(51)43-35(24(3)50)39(54)44-34)40(55)26-14-12-25(13-15-26)36-45-47-48(4)46-36/h9-17,20,23-24,34-35,50H,7-8,18-19,21-22H2,1-6H3,(H,41,52)(H,42,53)(H,43,51)(H,44,54)/t24-,34-,35+/m1/s1. The Morgan fingerprint density at radius 2 is 1.59 bits per heavy atom. The van der Waals surface area contributed by atoms with Crippen LogP contribution in [0.25, 0.3) is 11.4 Å². The Bertz CT molecular complexity index is 2100. The summed E-state index contributed by atoms with van der Waals surface area (Å²) in [5.41, 5.74) is 1.67. The van der Waals surface area contributed by atoms with Crippen molar-refractivity contribution in [3.8, 4) is 34.4 Å². The summed E-state index contributed by atoms with van der Waals surface area (Å²) in [5.74, 6) is -1.66. The molecule has 0 fully saturated rings. The highest BCUT2D eigenvalue weighted by atomic mass is 16.5. The van der Waals surface area contributed by atoms with E-state index in [1.54, 1.807) is 81.6 Å². The number of fused-ring (bicyclic) bond motifs is 3. The highest BCUT2D eigenvalue weighted by molar-refractivity contribution is 5.98. The zero-order valence-corrected chi connectivity index (χ0v) is 33.3. The van der Waals surface area contributed by atoms with Crippen LogP contribution in [-0.4, -0.2) is 112 Å². The van der Waals surface area contributed by atoms with Crippen molar-refractivity contribution in [1.29, 1.82) is 0 Å². The van der Waals surface area contributed by atoms with Gasteiger partial charge in [0, 0.05) is 29.8 Å². The van der Waals surface area contributed by atoms with Gasteiger partial charge < -0.3 is 45.5 Å². The van der Waals surface area contributed by atoms with Gasteiger partial charge in [-0.15, -0.1) is 10.2 Å². The molecule has 58 heavy (non-hydrogen) atoms. The predicted molar refractivity (Wildman–Crippen MR) is 210 cm³/mol. The maximum Gasteiger partial charge on any atom is 0.254 e. The van der Waals surface area contributed by atoms with E-state index in [1.807, 2.05) is 0 Å². The fraction of sp³-hybridized carbons (Fsp3) is 0.400. The summed E-state index contributed by atoms with van der Waals surface area (Å²) in [4.78, 5) is 70.7. The lowest BCUT2D eigenvalue weighted by Crippen LogP contribution is -2.59. The van der Waals surface area contributed by atoms with Gasteiger partial charge >= 0.3 is 0 Å². The Morgan fingerprint density at radius 1 is 0.862 bits per heavy atom. The van der Waals surface area contributed by atoms with Gasteiger partial charge in [0.2, 0.25) is 23.5 Å². The number of aliphatic hydroxyl groups excluding tert-OH is 1. The maximum absolute atomic E-state index is 13.9. The van der Waals surface area contributed by atoms with Gasteiger partial charge in [0.25, 0.3) is 11.8 Å². The first-order valence-corrected chi connectivity index (χ1v) is 18.8. The number of aryl methyl sites for hydroxylation is 1. The molecule has 3 aromatic carbocycles. The molecule has 308 valence electrons. The molecule has 4 aromatic rings. The Balaban J connectivity index is 1.44. The third kappa shape index (κ3) is 10.6. The minimum Gasteiger partial charge on any atom is -0.496 e. The Labute approximate surface area is 335 Å². The van der Waals surface area contributed by atoms with Gasteiger partial charge in [0.05, 0.1) is 46.0 Å². The van der Waals surface area contributed by atoms with Gasteiger partial charge in [-0.25, -0.2) is 0 Å². The first kappa shape index (κ1) is 42.6. The van der Waals surface area contributed by atoms with Crippen LogP contribution in [0.4, 0.5) is 0 Å². The van der Waals surface area contributed by atoms with Crippen molar-refractivity contribution >= 4 is 29.5 Å². The van der Waals surface area contributed by atoms with E-state index in [9.17, 15) is 29.1 Å². The molecule has 5 rings (SSSR count). The molecule has 1 aliphatic heterocycles. The molecule has 0 saturated carbocycles. The third-order valence-corrected chi connectivity index (χ3v) is 9.38. The van der Waals surface area contributed by atoms with Crippen molar-refractivity contribution in [1.82, 2.24) is 46.4 Å². The van der Waals surface area contributed by atoms with E-state index in [4.69, 9.17) is 14.2 Å². The van der Waals surface area contributed by atoms with E-state index in [-0.39, 0.29) is 36.9 Å². The first-order valence-electron chi connectivity index (χ1n) is 18.8. The molecular weight excluding hydrogens is 750 g/mol. The summed E-state index contributed by atoms with van der Waals surface area (Å²) in [6.07, 6.45) is -0.535. The fourth-order valence-electron chi connectivity index (χ4n) is 6.21. The van der Waals surface area contributed by atoms with Crippen LogP contribution in [0.2, 0.25) is 0 Å². The van der Waals surface area contributed by atoms with E-state index in [0.717, 1.165) is 0 Å². The minimum atomic E-state index is -1.46. The summed E-state index contributed by atoms with van der Waals surface area (Å²) in [6.45, 7) is 4.62. The largest absolute Gasteiger partial charge is 0.496 e. The monoisotopic (exact) mass is 799 g/mol. The van der Waals surface area contributed by atoms with Gasteiger partial charge in [-0.3, -0.25) is 24.0 Å². The number of tetrazole rings is 1. The second-order valence-electron chi connectivity index (χ2n) is 14.0. The molecule has 0 aliphatic carbocycles. The average molecular weight is 800 g/mol. The second kappa shape index (κ2) is 19.5. The molecular formula is C40H49N9O9. The molecule has 1 aromatic heterocycles. The molecule has 5 N–H and O–H groups in total. The van der Waals surface area contributed by atoms with Crippen molar-refractivity contribution in [2.75, 3.05) is 33.9 Å². The van der Waals surface area contributed by atoms with Crippen molar-refractivity contribution < 1.29 is 43.3 Å². The third-order valence-electron chi connectivity index (χ3n) is 9.38. The van der Waals surface area contributed by atoms with E-state index in [1.165, 1.54) is 30.8 Å². The number of hydrogen-bond acceptors (Lipinski definition) is 12. The van der Waals surface area contributed by atoms with Crippen LogP contribution < -0.4 is 35.5 Å². The van der Waals surface area contributed by atoms with Crippen molar-refractivity contribution in [2.45, 2.75) is 58.3 Å². The lowest BCUT2D eigenvalue weighted by Gasteiger charge is -2.28. The molecule has 2 bridgehead atoms. The predicted octanol–water partition coefficient (Wildman–Crippen LogP) is 1.98. The molecule has 0 radical (unpaired) electrons. The number of nitrogens with zero attached hydrogens (tertiary/aromatic N) is 5. The maximum atomic E-state index is 13.9. The van der Waals surface area contributed by atoms with Crippen LogP contribution in [0.5, 0.6) is 23.0 Å². The summed E-state index contributed by atoms with van der Waals surface area (Å²) in [7, 11) is 4.58. The number of carbonyl (C=O) groups excluding carboxylic acids is 5. The molecule has 0 spiro atoms. The zero-order valence-electron chi connectivity index (χ0n) is 33.3. The Morgan fingerprint density at radius 3 is 2.24 bits per heavy atom.